The van der Waals surface area contributed by atoms with E-state index in [1.165, 1.54) is 0 Å². The van der Waals surface area contributed by atoms with Gasteiger partial charge in [-0.05, 0) is 17.7 Å². The van der Waals surface area contributed by atoms with E-state index in [1.807, 2.05) is 24.3 Å². The monoisotopic (exact) mass is 280 g/mol. The maximum atomic E-state index is 5.99. The molecule has 2 aliphatic heterocycles. The second kappa shape index (κ2) is 6.10. The summed E-state index contributed by atoms with van der Waals surface area (Å²) in [7, 11) is 3.34. The van der Waals surface area contributed by atoms with Gasteiger partial charge in [0.2, 0.25) is 0 Å². The van der Waals surface area contributed by atoms with Crippen LogP contribution in [-0.2, 0) is 25.6 Å². The zero-order valence-electron chi connectivity index (χ0n) is 11.8. The van der Waals surface area contributed by atoms with Crippen LogP contribution in [0.5, 0.6) is 5.75 Å². The molecule has 0 N–H and O–H groups in total. The Balaban J connectivity index is 1.60. The van der Waals surface area contributed by atoms with Crippen LogP contribution in [0.25, 0.3) is 0 Å². The maximum Gasteiger partial charge on any atom is 0.184 e. The lowest BCUT2D eigenvalue weighted by atomic mass is 10.0. The zero-order valence-corrected chi connectivity index (χ0v) is 11.8. The summed E-state index contributed by atoms with van der Waals surface area (Å²) in [6.07, 6.45) is 0.531. The first-order valence-corrected chi connectivity index (χ1v) is 6.84. The van der Waals surface area contributed by atoms with Gasteiger partial charge in [-0.1, -0.05) is 12.1 Å². The SMILES string of the molecule is COc1cccc(CO[C@H]2C[C@@H](OC)[C@@H]3OC[C@H]2O3)c1. The van der Waals surface area contributed by atoms with E-state index in [-0.39, 0.29) is 24.6 Å². The van der Waals surface area contributed by atoms with Crippen molar-refractivity contribution < 1.29 is 23.7 Å². The van der Waals surface area contributed by atoms with Gasteiger partial charge in [0.15, 0.2) is 6.29 Å². The Bertz CT molecular complexity index is 450. The summed E-state index contributed by atoms with van der Waals surface area (Å²) < 4.78 is 27.9. The van der Waals surface area contributed by atoms with Crippen LogP contribution >= 0.6 is 0 Å². The molecule has 3 rings (SSSR count). The van der Waals surface area contributed by atoms with Crippen molar-refractivity contribution in [2.45, 2.75) is 37.6 Å². The van der Waals surface area contributed by atoms with E-state index in [9.17, 15) is 0 Å². The van der Waals surface area contributed by atoms with Crippen LogP contribution in [0.1, 0.15) is 12.0 Å². The highest BCUT2D eigenvalue weighted by atomic mass is 16.7. The molecule has 0 unspecified atom stereocenters. The molecular formula is C15H20O5. The average Bonchev–Trinajstić information content (AvgIpc) is 2.91. The summed E-state index contributed by atoms with van der Waals surface area (Å²) in [5, 5.41) is 0. The zero-order chi connectivity index (χ0) is 13.9. The quantitative estimate of drug-likeness (QED) is 0.822. The molecule has 0 amide bonds. The van der Waals surface area contributed by atoms with Gasteiger partial charge in [-0.15, -0.1) is 0 Å². The summed E-state index contributed by atoms with van der Waals surface area (Å²) >= 11 is 0. The minimum Gasteiger partial charge on any atom is -0.497 e. The fraction of sp³-hybridized carbons (Fsp3) is 0.600. The van der Waals surface area contributed by atoms with Crippen molar-refractivity contribution in [2.75, 3.05) is 20.8 Å². The third kappa shape index (κ3) is 2.81. The second-order valence-electron chi connectivity index (χ2n) is 5.09. The number of fused-ring (bicyclic) bond motifs is 2. The maximum absolute atomic E-state index is 5.99. The molecule has 2 heterocycles. The standard InChI is InChI=1S/C15H20O5/c1-16-11-5-3-4-10(6-11)8-18-12-7-13(17-2)15-19-9-14(12)20-15/h3-6,12-15H,7-9H2,1-2H3/t12-,13+,14+,15+/m0/s1. The van der Waals surface area contributed by atoms with Gasteiger partial charge in [0.25, 0.3) is 0 Å². The van der Waals surface area contributed by atoms with Gasteiger partial charge in [-0.2, -0.15) is 0 Å². The van der Waals surface area contributed by atoms with E-state index < -0.39 is 0 Å². The Morgan fingerprint density at radius 3 is 2.95 bits per heavy atom. The lowest BCUT2D eigenvalue weighted by Gasteiger charge is -2.32. The highest BCUT2D eigenvalue weighted by molar-refractivity contribution is 5.27. The molecule has 1 aromatic rings. The van der Waals surface area contributed by atoms with E-state index in [4.69, 9.17) is 23.7 Å². The molecule has 20 heavy (non-hydrogen) atoms. The number of hydrogen-bond acceptors (Lipinski definition) is 5. The van der Waals surface area contributed by atoms with Crippen LogP contribution in [0.2, 0.25) is 0 Å². The van der Waals surface area contributed by atoms with E-state index >= 15 is 0 Å². The molecule has 2 bridgehead atoms. The first kappa shape index (κ1) is 13.8. The molecule has 0 saturated carbocycles. The fourth-order valence-corrected chi connectivity index (χ4v) is 2.67. The molecule has 4 atom stereocenters. The van der Waals surface area contributed by atoms with Crippen LogP contribution in [0.3, 0.4) is 0 Å². The molecule has 0 aliphatic carbocycles. The fourth-order valence-electron chi connectivity index (χ4n) is 2.67. The molecule has 5 nitrogen and oxygen atoms in total. The van der Waals surface area contributed by atoms with E-state index in [2.05, 4.69) is 0 Å². The summed E-state index contributed by atoms with van der Waals surface area (Å²) in [5.74, 6) is 0.838. The molecule has 2 fully saturated rings. The topological polar surface area (TPSA) is 46.2 Å². The van der Waals surface area contributed by atoms with Gasteiger partial charge in [0.1, 0.15) is 18.0 Å². The predicted octanol–water partition coefficient (Wildman–Crippen LogP) is 1.74. The summed E-state index contributed by atoms with van der Waals surface area (Å²) in [6.45, 7) is 1.11. The van der Waals surface area contributed by atoms with Gasteiger partial charge in [0, 0.05) is 13.5 Å². The summed E-state index contributed by atoms with van der Waals surface area (Å²) in [5.41, 5.74) is 1.08. The largest absolute Gasteiger partial charge is 0.497 e. The molecule has 2 aliphatic rings. The van der Waals surface area contributed by atoms with Crippen molar-refractivity contribution in [3.63, 3.8) is 0 Å². The molecule has 110 valence electrons. The average molecular weight is 280 g/mol. The summed E-state index contributed by atoms with van der Waals surface area (Å²) in [4.78, 5) is 0. The molecule has 0 radical (unpaired) electrons. The Hall–Kier alpha value is -1.14. The highest BCUT2D eigenvalue weighted by Gasteiger charge is 2.44. The van der Waals surface area contributed by atoms with Crippen LogP contribution in [0.4, 0.5) is 0 Å². The minimum absolute atomic E-state index is 0.00454. The van der Waals surface area contributed by atoms with Gasteiger partial charge in [0.05, 0.1) is 26.4 Å². The van der Waals surface area contributed by atoms with E-state index in [0.29, 0.717) is 13.2 Å². The van der Waals surface area contributed by atoms with Crippen LogP contribution in [0.15, 0.2) is 24.3 Å². The highest BCUT2D eigenvalue weighted by Crippen LogP contribution is 2.31. The molecule has 2 saturated heterocycles. The van der Waals surface area contributed by atoms with Crippen molar-refractivity contribution in [1.82, 2.24) is 0 Å². The molecule has 0 aromatic heterocycles. The number of hydrogen-bond donors (Lipinski definition) is 0. The molecule has 1 aromatic carbocycles. The number of rotatable bonds is 5. The normalized spacial score (nSPS) is 32.3. The first-order valence-electron chi connectivity index (χ1n) is 6.84. The van der Waals surface area contributed by atoms with Crippen LogP contribution in [-0.4, -0.2) is 45.4 Å². The van der Waals surface area contributed by atoms with Crippen LogP contribution in [0, 0.1) is 0 Å². The molecular weight excluding hydrogens is 260 g/mol. The summed E-state index contributed by atoms with van der Waals surface area (Å²) in [6, 6.07) is 7.88. The van der Waals surface area contributed by atoms with Gasteiger partial charge in [-0.25, -0.2) is 0 Å². The van der Waals surface area contributed by atoms with Crippen molar-refractivity contribution in [2.24, 2.45) is 0 Å². The Labute approximate surface area is 118 Å². The van der Waals surface area contributed by atoms with Crippen molar-refractivity contribution in [3.05, 3.63) is 29.8 Å². The van der Waals surface area contributed by atoms with Crippen LogP contribution < -0.4 is 4.74 Å². The molecule has 0 spiro atoms. The van der Waals surface area contributed by atoms with Gasteiger partial charge >= 0.3 is 0 Å². The van der Waals surface area contributed by atoms with E-state index in [0.717, 1.165) is 17.7 Å². The Kier molecular flexibility index (Phi) is 4.21. The lowest BCUT2D eigenvalue weighted by Crippen LogP contribution is -2.44. The first-order chi connectivity index (χ1) is 9.80. The molecule has 5 heteroatoms. The minimum atomic E-state index is -0.235. The number of benzene rings is 1. The third-order valence-electron chi connectivity index (χ3n) is 3.82. The Morgan fingerprint density at radius 1 is 1.25 bits per heavy atom. The van der Waals surface area contributed by atoms with Crippen molar-refractivity contribution in [1.29, 1.82) is 0 Å². The van der Waals surface area contributed by atoms with Crippen molar-refractivity contribution in [3.8, 4) is 5.75 Å². The number of methoxy groups -OCH3 is 2. The van der Waals surface area contributed by atoms with Gasteiger partial charge in [-0.3, -0.25) is 0 Å². The predicted molar refractivity (Wildman–Crippen MR) is 71.6 cm³/mol. The lowest BCUT2D eigenvalue weighted by molar-refractivity contribution is -0.200. The van der Waals surface area contributed by atoms with E-state index in [1.54, 1.807) is 14.2 Å². The smallest absolute Gasteiger partial charge is 0.184 e. The second-order valence-corrected chi connectivity index (χ2v) is 5.09. The Morgan fingerprint density at radius 2 is 2.15 bits per heavy atom. The third-order valence-corrected chi connectivity index (χ3v) is 3.82. The number of ether oxygens (including phenoxy) is 5. The van der Waals surface area contributed by atoms with Crippen molar-refractivity contribution >= 4 is 0 Å². The van der Waals surface area contributed by atoms with Gasteiger partial charge < -0.3 is 23.7 Å².